The summed E-state index contributed by atoms with van der Waals surface area (Å²) < 4.78 is 36.3. The number of hydrogen-bond donors (Lipinski definition) is 2. The van der Waals surface area contributed by atoms with Crippen LogP contribution in [0.25, 0.3) is 0 Å². The van der Waals surface area contributed by atoms with Crippen LogP contribution in [0.5, 0.6) is 0 Å². The summed E-state index contributed by atoms with van der Waals surface area (Å²) in [5.74, 6) is -4.02. The van der Waals surface area contributed by atoms with E-state index in [-0.39, 0.29) is 11.6 Å². The molecule has 132 valence electrons. The summed E-state index contributed by atoms with van der Waals surface area (Å²) in [6, 6.07) is 3.51. The molecular formula is C13H14ClFN2O6S. The number of sulfonamides is 1. The van der Waals surface area contributed by atoms with Gasteiger partial charge >= 0.3 is 0 Å². The zero-order valence-corrected chi connectivity index (χ0v) is 14.2. The first-order chi connectivity index (χ1) is 11.0. The fourth-order valence-corrected chi connectivity index (χ4v) is 2.18. The fourth-order valence-electron chi connectivity index (χ4n) is 1.51. The van der Waals surface area contributed by atoms with Gasteiger partial charge in [0.05, 0.1) is 26.0 Å². The average molecular weight is 381 g/mol. The monoisotopic (exact) mass is 380 g/mol. The minimum atomic E-state index is -3.90. The maximum Gasteiger partial charge on any atom is 0.299 e. The number of carbonyl (C=O) groups excluding carboxylic acids is 2. The highest BCUT2D eigenvalue weighted by Crippen LogP contribution is 2.19. The lowest BCUT2D eigenvalue weighted by atomic mass is 10.2. The second-order valence-corrected chi connectivity index (χ2v) is 6.68. The Kier molecular flexibility index (Phi) is 6.70. The number of aliphatic hydroxyl groups is 1. The van der Waals surface area contributed by atoms with Gasteiger partial charge < -0.3 is 5.11 Å². The molecule has 8 nitrogen and oxygen atoms in total. The number of rotatable bonds is 6. The summed E-state index contributed by atoms with van der Waals surface area (Å²) in [6.45, 7) is -0.202. The molecule has 1 rings (SSSR count). The van der Waals surface area contributed by atoms with Gasteiger partial charge in [-0.05, 0) is 17.7 Å². The van der Waals surface area contributed by atoms with Crippen LogP contribution in [0, 0.1) is 5.82 Å². The highest BCUT2D eigenvalue weighted by atomic mass is 35.5. The van der Waals surface area contributed by atoms with Crippen molar-refractivity contribution in [2.45, 2.75) is 6.54 Å². The summed E-state index contributed by atoms with van der Waals surface area (Å²) >= 11 is 5.83. The van der Waals surface area contributed by atoms with Crippen LogP contribution in [-0.2, 0) is 31.0 Å². The SMILES string of the molecule is CON(Cc1ccc(F)cc1Cl)C(=O)/C=C(\O)C(=O)NS(C)(=O)=O. The Morgan fingerprint density at radius 2 is 2.08 bits per heavy atom. The molecule has 0 unspecified atom stereocenters. The number of halogens is 2. The molecule has 24 heavy (non-hydrogen) atoms. The molecule has 0 saturated carbocycles. The molecule has 0 aliphatic carbocycles. The number of nitrogens with zero attached hydrogens (tertiary/aromatic N) is 1. The second kappa shape index (κ2) is 8.08. The second-order valence-electron chi connectivity index (χ2n) is 4.53. The predicted molar refractivity (Wildman–Crippen MR) is 82.7 cm³/mol. The largest absolute Gasteiger partial charge is 0.503 e. The lowest BCUT2D eigenvalue weighted by Gasteiger charge is -2.18. The maximum absolute atomic E-state index is 13.0. The zero-order valence-electron chi connectivity index (χ0n) is 12.6. The first kappa shape index (κ1) is 19.9. The summed E-state index contributed by atoms with van der Waals surface area (Å²) in [4.78, 5) is 28.1. The van der Waals surface area contributed by atoms with Crippen LogP contribution in [0.4, 0.5) is 4.39 Å². The standard InChI is InChI=1S/C13H14ClFN2O6S/c1-23-17(7-8-3-4-9(15)5-10(8)14)12(19)6-11(18)13(20)16-24(2,21)22/h3-6,18H,7H2,1-2H3,(H,16,20)/b11-6-. The highest BCUT2D eigenvalue weighted by Gasteiger charge is 2.19. The lowest BCUT2D eigenvalue weighted by Crippen LogP contribution is -2.33. The molecule has 2 N–H and O–H groups in total. The summed E-state index contributed by atoms with van der Waals surface area (Å²) in [5, 5.41) is 10.2. The van der Waals surface area contributed by atoms with E-state index in [1.807, 2.05) is 0 Å². The van der Waals surface area contributed by atoms with Gasteiger partial charge in [-0.25, -0.2) is 22.6 Å². The average Bonchev–Trinajstić information content (AvgIpc) is 2.44. The molecule has 0 aromatic heterocycles. The molecule has 0 aliphatic heterocycles. The van der Waals surface area contributed by atoms with E-state index in [9.17, 15) is 27.5 Å². The maximum atomic E-state index is 13.0. The predicted octanol–water partition coefficient (Wildman–Crippen LogP) is 0.887. The number of amides is 2. The van der Waals surface area contributed by atoms with E-state index in [2.05, 4.69) is 0 Å². The number of carbonyl (C=O) groups is 2. The first-order valence-electron chi connectivity index (χ1n) is 6.26. The van der Waals surface area contributed by atoms with Gasteiger partial charge in [-0.1, -0.05) is 17.7 Å². The third-order valence-corrected chi connectivity index (χ3v) is 3.47. The van der Waals surface area contributed by atoms with Gasteiger partial charge in [0.25, 0.3) is 11.8 Å². The van der Waals surface area contributed by atoms with Gasteiger partial charge in [0.2, 0.25) is 10.0 Å². The van der Waals surface area contributed by atoms with Gasteiger partial charge in [0.15, 0.2) is 5.76 Å². The molecule has 0 heterocycles. The van der Waals surface area contributed by atoms with Crippen LogP contribution in [0.15, 0.2) is 30.0 Å². The van der Waals surface area contributed by atoms with E-state index in [0.29, 0.717) is 17.9 Å². The Balaban J connectivity index is 2.89. The molecule has 0 atom stereocenters. The van der Waals surface area contributed by atoms with Crippen molar-refractivity contribution < 1.29 is 32.3 Å². The molecule has 2 amide bonds. The Bertz CT molecular complexity index is 781. The Morgan fingerprint density at radius 3 is 2.58 bits per heavy atom. The van der Waals surface area contributed by atoms with Crippen LogP contribution >= 0.6 is 11.6 Å². The fraction of sp³-hybridized carbons (Fsp3) is 0.231. The molecule has 0 fully saturated rings. The van der Waals surface area contributed by atoms with Crippen molar-refractivity contribution in [2.24, 2.45) is 0 Å². The third kappa shape index (κ3) is 6.14. The summed E-state index contributed by atoms with van der Waals surface area (Å²) in [5.41, 5.74) is 0.349. The van der Waals surface area contributed by atoms with E-state index < -0.39 is 33.4 Å². The van der Waals surface area contributed by atoms with Crippen molar-refractivity contribution in [1.29, 1.82) is 0 Å². The first-order valence-corrected chi connectivity index (χ1v) is 8.52. The van der Waals surface area contributed by atoms with E-state index >= 15 is 0 Å². The Morgan fingerprint density at radius 1 is 1.46 bits per heavy atom. The van der Waals surface area contributed by atoms with Gasteiger partial charge in [0.1, 0.15) is 5.82 Å². The van der Waals surface area contributed by atoms with Gasteiger partial charge in [-0.15, -0.1) is 0 Å². The van der Waals surface area contributed by atoms with E-state index in [0.717, 1.165) is 24.3 Å². The molecule has 1 aromatic carbocycles. The molecule has 11 heteroatoms. The normalized spacial score (nSPS) is 11.9. The van der Waals surface area contributed by atoms with Gasteiger partial charge in [-0.2, -0.15) is 0 Å². The van der Waals surface area contributed by atoms with Crippen molar-refractivity contribution in [3.63, 3.8) is 0 Å². The Labute approximate surface area is 142 Å². The van der Waals surface area contributed by atoms with Crippen molar-refractivity contribution in [1.82, 2.24) is 9.79 Å². The minimum Gasteiger partial charge on any atom is -0.503 e. The lowest BCUT2D eigenvalue weighted by molar-refractivity contribution is -0.173. The van der Waals surface area contributed by atoms with Crippen LogP contribution in [0.3, 0.4) is 0 Å². The minimum absolute atomic E-state index is 0.0490. The molecule has 0 aliphatic rings. The zero-order chi connectivity index (χ0) is 18.5. The molecule has 1 aromatic rings. The number of nitrogens with one attached hydrogen (secondary N) is 1. The quantitative estimate of drug-likeness (QED) is 0.430. The summed E-state index contributed by atoms with van der Waals surface area (Å²) in [6.07, 6.45) is 1.18. The van der Waals surface area contributed by atoms with Crippen molar-refractivity contribution in [3.05, 3.63) is 46.4 Å². The molecule has 0 radical (unpaired) electrons. The third-order valence-electron chi connectivity index (χ3n) is 2.57. The van der Waals surface area contributed by atoms with Crippen molar-refractivity contribution in [2.75, 3.05) is 13.4 Å². The van der Waals surface area contributed by atoms with E-state index in [4.69, 9.17) is 16.4 Å². The topological polar surface area (TPSA) is 113 Å². The number of benzene rings is 1. The molecule has 0 spiro atoms. The summed E-state index contributed by atoms with van der Waals surface area (Å²) in [7, 11) is -2.75. The molecular weight excluding hydrogens is 367 g/mol. The van der Waals surface area contributed by atoms with Crippen LogP contribution < -0.4 is 4.72 Å². The number of hydrogen-bond acceptors (Lipinski definition) is 6. The van der Waals surface area contributed by atoms with E-state index in [1.165, 1.54) is 10.8 Å². The smallest absolute Gasteiger partial charge is 0.299 e. The molecule has 0 saturated heterocycles. The molecule has 0 bridgehead atoms. The van der Waals surface area contributed by atoms with Crippen LogP contribution in [-0.4, -0.2) is 43.8 Å². The Hall–Kier alpha value is -2.17. The van der Waals surface area contributed by atoms with Crippen LogP contribution in [0.2, 0.25) is 5.02 Å². The number of aliphatic hydroxyl groups excluding tert-OH is 1. The van der Waals surface area contributed by atoms with Crippen molar-refractivity contribution >= 4 is 33.4 Å². The van der Waals surface area contributed by atoms with Crippen molar-refractivity contribution in [3.8, 4) is 0 Å². The number of hydroxylamine groups is 2. The van der Waals surface area contributed by atoms with Crippen LogP contribution in [0.1, 0.15) is 5.56 Å². The highest BCUT2D eigenvalue weighted by molar-refractivity contribution is 7.89. The van der Waals surface area contributed by atoms with Gasteiger partial charge in [0, 0.05) is 5.02 Å². The van der Waals surface area contributed by atoms with Gasteiger partial charge in [-0.3, -0.25) is 14.4 Å². The van der Waals surface area contributed by atoms with E-state index in [1.54, 1.807) is 0 Å².